The molecule has 0 saturated heterocycles. The highest BCUT2D eigenvalue weighted by Crippen LogP contribution is 2.12. The fourth-order valence-electron chi connectivity index (χ4n) is 2.47. The van der Waals surface area contributed by atoms with Crippen molar-refractivity contribution in [3.05, 3.63) is 65.7 Å². The summed E-state index contributed by atoms with van der Waals surface area (Å²) in [7, 11) is -2.06. The number of esters is 1. The van der Waals surface area contributed by atoms with Gasteiger partial charge in [-0.05, 0) is 42.8 Å². The molecule has 0 aromatic heterocycles. The molecule has 8 nitrogen and oxygen atoms in total. The number of carbonyl (C=O) groups is 3. The van der Waals surface area contributed by atoms with Crippen LogP contribution in [0, 0.1) is 0 Å². The number of rotatable bonds is 8. The van der Waals surface area contributed by atoms with E-state index in [2.05, 4.69) is 15.4 Å². The van der Waals surface area contributed by atoms with Crippen molar-refractivity contribution in [3.63, 3.8) is 0 Å². The van der Waals surface area contributed by atoms with E-state index in [1.54, 1.807) is 30.3 Å². The Balaban J connectivity index is 2.13. The molecule has 0 saturated carbocycles. The van der Waals surface area contributed by atoms with Crippen molar-refractivity contribution in [3.8, 4) is 0 Å². The Morgan fingerprint density at radius 2 is 1.59 bits per heavy atom. The molecule has 2 amide bonds. The molecule has 29 heavy (non-hydrogen) atoms. The van der Waals surface area contributed by atoms with Crippen molar-refractivity contribution < 1.29 is 27.5 Å². The third-order valence-corrected chi connectivity index (χ3v) is 4.99. The molecule has 0 unspecified atom stereocenters. The molecule has 0 bridgehead atoms. The third kappa shape index (κ3) is 7.04. The van der Waals surface area contributed by atoms with Gasteiger partial charge in [0.15, 0.2) is 0 Å². The minimum Gasteiger partial charge on any atom is -0.465 e. The van der Waals surface area contributed by atoms with Crippen LogP contribution < -0.4 is 10.6 Å². The van der Waals surface area contributed by atoms with E-state index >= 15 is 0 Å². The highest BCUT2D eigenvalue weighted by Gasteiger charge is 2.23. The van der Waals surface area contributed by atoms with Crippen LogP contribution in [0.15, 0.2) is 54.6 Å². The van der Waals surface area contributed by atoms with Gasteiger partial charge in [0.1, 0.15) is 15.9 Å². The molecule has 0 heterocycles. The highest BCUT2D eigenvalue weighted by atomic mass is 32.2. The Morgan fingerprint density at radius 3 is 2.14 bits per heavy atom. The predicted molar refractivity (Wildman–Crippen MR) is 108 cm³/mol. The number of nitrogens with one attached hydrogen (secondary N) is 2. The minimum absolute atomic E-state index is 0.0799. The summed E-state index contributed by atoms with van der Waals surface area (Å²) in [4.78, 5) is 36.5. The molecule has 154 valence electrons. The van der Waals surface area contributed by atoms with E-state index in [4.69, 9.17) is 0 Å². The van der Waals surface area contributed by atoms with E-state index in [9.17, 15) is 22.8 Å². The number of ether oxygens (including phenoxy) is 1. The van der Waals surface area contributed by atoms with E-state index in [-0.39, 0.29) is 12.2 Å². The van der Waals surface area contributed by atoms with Crippen LogP contribution in [0.2, 0.25) is 0 Å². The first-order valence-electron chi connectivity index (χ1n) is 8.72. The van der Waals surface area contributed by atoms with Gasteiger partial charge in [-0.25, -0.2) is 13.2 Å². The summed E-state index contributed by atoms with van der Waals surface area (Å²) in [5.74, 6) is -1.82. The summed E-state index contributed by atoms with van der Waals surface area (Å²) in [6.07, 6.45) is 0.982. The van der Waals surface area contributed by atoms with Crippen LogP contribution in [-0.2, 0) is 19.4 Å². The topological polar surface area (TPSA) is 119 Å². The number of carbonyl (C=O) groups excluding carboxylic acids is 3. The Hall–Kier alpha value is -3.20. The van der Waals surface area contributed by atoms with Crippen molar-refractivity contribution >= 4 is 33.3 Å². The number of anilines is 1. The lowest BCUT2D eigenvalue weighted by atomic mass is 10.1. The fourth-order valence-corrected chi connectivity index (χ4v) is 3.13. The monoisotopic (exact) mass is 418 g/mol. The summed E-state index contributed by atoms with van der Waals surface area (Å²) < 4.78 is 27.6. The van der Waals surface area contributed by atoms with Crippen molar-refractivity contribution in [2.24, 2.45) is 0 Å². The quantitative estimate of drug-likeness (QED) is 0.629. The first-order valence-corrected chi connectivity index (χ1v) is 10.8. The minimum atomic E-state index is -3.33. The van der Waals surface area contributed by atoms with Crippen molar-refractivity contribution in [1.29, 1.82) is 0 Å². The van der Waals surface area contributed by atoms with Crippen molar-refractivity contribution in [2.45, 2.75) is 12.5 Å². The largest absolute Gasteiger partial charge is 0.465 e. The van der Waals surface area contributed by atoms with Gasteiger partial charge in [-0.3, -0.25) is 9.59 Å². The standard InChI is InChI=1S/C20H22N2O6S/c1-28-20(25)15-8-10-16(11-9-15)21-19(24)17(12-13-29(2,26)27)22-18(23)14-6-4-3-5-7-14/h3-11,17H,12-13H2,1-2H3,(H,21,24)(H,22,23)/t17-/m1/s1. The lowest BCUT2D eigenvalue weighted by Gasteiger charge is -2.18. The van der Waals surface area contributed by atoms with Crippen molar-refractivity contribution in [1.82, 2.24) is 5.32 Å². The second-order valence-electron chi connectivity index (χ2n) is 6.37. The number of benzene rings is 2. The summed E-state index contributed by atoms with van der Waals surface area (Å²) in [5.41, 5.74) is 1.06. The van der Waals surface area contributed by atoms with Crippen LogP contribution >= 0.6 is 0 Å². The highest BCUT2D eigenvalue weighted by molar-refractivity contribution is 7.90. The molecular formula is C20H22N2O6S. The third-order valence-electron chi connectivity index (χ3n) is 4.01. The maximum Gasteiger partial charge on any atom is 0.337 e. The van der Waals surface area contributed by atoms with Gasteiger partial charge < -0.3 is 15.4 Å². The molecule has 9 heteroatoms. The van der Waals surface area contributed by atoms with E-state index in [0.717, 1.165) is 6.26 Å². The van der Waals surface area contributed by atoms with Crippen LogP contribution in [0.5, 0.6) is 0 Å². The van der Waals surface area contributed by atoms with Gasteiger partial charge in [0.25, 0.3) is 5.91 Å². The number of amides is 2. The molecule has 0 spiro atoms. The molecule has 0 aliphatic carbocycles. The Labute approximate surface area is 169 Å². The molecule has 2 N–H and O–H groups in total. The number of sulfone groups is 1. The first-order chi connectivity index (χ1) is 13.7. The van der Waals surface area contributed by atoms with Gasteiger partial charge in [0.2, 0.25) is 5.91 Å². The molecule has 1 atom stereocenters. The zero-order valence-electron chi connectivity index (χ0n) is 16.0. The maximum absolute atomic E-state index is 12.7. The second kappa shape index (κ2) is 9.83. The van der Waals surface area contributed by atoms with Crippen molar-refractivity contribution in [2.75, 3.05) is 24.4 Å². The van der Waals surface area contributed by atoms with Crippen LogP contribution in [0.25, 0.3) is 0 Å². The average Bonchev–Trinajstić information content (AvgIpc) is 2.70. The SMILES string of the molecule is COC(=O)c1ccc(NC(=O)[C@@H](CCS(C)(=O)=O)NC(=O)c2ccccc2)cc1. The van der Waals surface area contributed by atoms with Crippen LogP contribution in [-0.4, -0.2) is 51.4 Å². The van der Waals surface area contributed by atoms with Crippen LogP contribution in [0.1, 0.15) is 27.1 Å². The van der Waals surface area contributed by atoms with E-state index in [1.807, 2.05) is 0 Å². The van der Waals surface area contributed by atoms with E-state index in [1.165, 1.54) is 31.4 Å². The molecule has 2 aromatic carbocycles. The Morgan fingerprint density at radius 1 is 0.966 bits per heavy atom. The van der Waals surface area contributed by atoms with Gasteiger partial charge in [-0.2, -0.15) is 0 Å². The molecular weight excluding hydrogens is 396 g/mol. The summed E-state index contributed by atoms with van der Waals surface area (Å²) >= 11 is 0. The molecule has 0 fully saturated rings. The van der Waals surface area contributed by atoms with Gasteiger partial charge in [0, 0.05) is 17.5 Å². The first kappa shape index (κ1) is 22.1. The van der Waals surface area contributed by atoms with Crippen LogP contribution in [0.3, 0.4) is 0 Å². The lowest BCUT2D eigenvalue weighted by Crippen LogP contribution is -2.44. The zero-order valence-corrected chi connectivity index (χ0v) is 16.9. The van der Waals surface area contributed by atoms with Gasteiger partial charge in [0.05, 0.1) is 18.4 Å². The van der Waals surface area contributed by atoms with Crippen LogP contribution in [0.4, 0.5) is 5.69 Å². The van der Waals surface area contributed by atoms with E-state index < -0.39 is 33.7 Å². The molecule has 2 aromatic rings. The Kier molecular flexibility index (Phi) is 7.49. The predicted octanol–water partition coefficient (Wildman–Crippen LogP) is 1.64. The normalized spacial score (nSPS) is 11.9. The molecule has 0 aliphatic heterocycles. The van der Waals surface area contributed by atoms with Gasteiger partial charge in [-0.15, -0.1) is 0 Å². The second-order valence-corrected chi connectivity index (χ2v) is 8.63. The maximum atomic E-state index is 12.7. The lowest BCUT2D eigenvalue weighted by molar-refractivity contribution is -0.118. The molecule has 0 aliphatic rings. The Bertz CT molecular complexity index is 972. The van der Waals surface area contributed by atoms with Gasteiger partial charge in [-0.1, -0.05) is 18.2 Å². The summed E-state index contributed by atoms with van der Waals surface area (Å²) in [5, 5.41) is 5.19. The fraction of sp³-hybridized carbons (Fsp3) is 0.250. The zero-order chi connectivity index (χ0) is 21.4. The smallest absolute Gasteiger partial charge is 0.337 e. The molecule has 0 radical (unpaired) electrons. The molecule has 2 rings (SSSR count). The van der Waals surface area contributed by atoms with Gasteiger partial charge >= 0.3 is 5.97 Å². The number of methoxy groups -OCH3 is 1. The summed E-state index contributed by atoms with van der Waals surface area (Å²) in [6.45, 7) is 0. The average molecular weight is 418 g/mol. The summed E-state index contributed by atoms with van der Waals surface area (Å²) in [6, 6.07) is 13.2. The van der Waals surface area contributed by atoms with E-state index in [0.29, 0.717) is 16.8 Å². The number of hydrogen-bond acceptors (Lipinski definition) is 6. The number of hydrogen-bond donors (Lipinski definition) is 2.